The predicted octanol–water partition coefficient (Wildman–Crippen LogP) is -5.24. The van der Waals surface area contributed by atoms with Crippen molar-refractivity contribution in [3.05, 3.63) is 41.0 Å². The molecule has 0 spiro atoms. The third kappa shape index (κ3) is 3.29. The summed E-state index contributed by atoms with van der Waals surface area (Å²) < 4.78 is 0. The van der Waals surface area contributed by atoms with E-state index in [-0.39, 0.29) is 58.9 Å². The Hall–Kier alpha value is 0.414. The smallest absolute Gasteiger partial charge is 1.00 e. The van der Waals surface area contributed by atoms with Crippen LogP contribution in [0.15, 0.2) is 24.3 Å². The number of hydrogen-bond donors (Lipinski definition) is 0. The first-order valence-electron chi connectivity index (χ1n) is 5.53. The van der Waals surface area contributed by atoms with E-state index >= 15 is 0 Å². The zero-order valence-electron chi connectivity index (χ0n) is 10.3. The van der Waals surface area contributed by atoms with Crippen molar-refractivity contribution in [1.29, 1.82) is 0 Å². The zero-order chi connectivity index (χ0) is 9.54. The quantitative estimate of drug-likeness (QED) is 0.333. The Morgan fingerprint density at radius 2 is 1.56 bits per heavy atom. The first kappa shape index (κ1) is 20.7. The SMILES string of the molecule is C[c-]1c2c(c3ccccc31)CCCC2.[Cl-].[Cl-].[Cl-].[Ti+4]. The van der Waals surface area contributed by atoms with Crippen molar-refractivity contribution >= 4 is 10.8 Å². The molecule has 0 saturated heterocycles. The number of hydrogen-bond acceptors (Lipinski definition) is 0. The Labute approximate surface area is 142 Å². The van der Waals surface area contributed by atoms with Crippen molar-refractivity contribution in [2.45, 2.75) is 32.6 Å². The fourth-order valence-corrected chi connectivity index (χ4v) is 2.85. The van der Waals surface area contributed by atoms with Crippen molar-refractivity contribution in [3.8, 4) is 0 Å². The Kier molecular flexibility index (Phi) is 9.85. The number of halogens is 3. The zero-order valence-corrected chi connectivity index (χ0v) is 14.1. The second-order valence-electron chi connectivity index (χ2n) is 4.33. The predicted molar refractivity (Wildman–Crippen MR) is 60.9 cm³/mol. The molecular formula is C14H15Cl3Ti. The van der Waals surface area contributed by atoms with Crippen LogP contribution in [0.2, 0.25) is 0 Å². The number of fused-ring (bicyclic) bond motifs is 3. The van der Waals surface area contributed by atoms with Crippen LogP contribution in [0.1, 0.15) is 29.5 Å². The van der Waals surface area contributed by atoms with Gasteiger partial charge in [0, 0.05) is 0 Å². The Bertz CT molecular complexity index is 491. The third-order valence-corrected chi connectivity index (χ3v) is 3.58. The molecule has 0 nitrogen and oxygen atoms in total. The normalized spacial score (nSPS) is 12.3. The Morgan fingerprint density at radius 1 is 0.944 bits per heavy atom. The summed E-state index contributed by atoms with van der Waals surface area (Å²) in [6.07, 6.45) is 5.35. The van der Waals surface area contributed by atoms with Crippen LogP contribution in [0, 0.1) is 6.92 Å². The molecule has 0 unspecified atom stereocenters. The molecule has 0 aliphatic heterocycles. The standard InChI is InChI=1S/C14H15.3ClH.Ti/c1-10-11-6-2-4-8-13(11)14-9-5-3-7-12(10)14;;;;/h2,4,6,8H,3,5,7,9H2,1H3;3*1H;/q-1;;;;+4/p-3. The molecule has 0 radical (unpaired) electrons. The number of aryl methyl sites for hydroxylation is 2. The van der Waals surface area contributed by atoms with Gasteiger partial charge in [0.15, 0.2) is 0 Å². The van der Waals surface area contributed by atoms with E-state index in [2.05, 4.69) is 31.2 Å². The molecule has 0 aromatic heterocycles. The van der Waals surface area contributed by atoms with E-state index in [1.165, 1.54) is 42.0 Å². The number of rotatable bonds is 0. The molecular weight excluding hydrogens is 322 g/mol. The van der Waals surface area contributed by atoms with Crippen LogP contribution in [0.3, 0.4) is 0 Å². The summed E-state index contributed by atoms with van der Waals surface area (Å²) in [7, 11) is 0. The molecule has 2 aromatic carbocycles. The fraction of sp³-hybridized carbons (Fsp3) is 0.357. The van der Waals surface area contributed by atoms with Crippen molar-refractivity contribution in [3.63, 3.8) is 0 Å². The van der Waals surface area contributed by atoms with Gasteiger partial charge < -0.3 is 37.2 Å². The molecule has 4 heteroatoms. The van der Waals surface area contributed by atoms with E-state index in [0.717, 1.165) is 0 Å². The van der Waals surface area contributed by atoms with Gasteiger partial charge in [-0.1, -0.05) is 32.3 Å². The second kappa shape index (κ2) is 8.56. The minimum Gasteiger partial charge on any atom is -1.00 e. The first-order chi connectivity index (χ1) is 6.88. The fourth-order valence-electron chi connectivity index (χ4n) is 2.85. The van der Waals surface area contributed by atoms with Crippen LogP contribution in [0.5, 0.6) is 0 Å². The molecule has 1 aliphatic rings. The summed E-state index contributed by atoms with van der Waals surface area (Å²) in [5, 5.41) is 3.00. The molecule has 1 aliphatic carbocycles. The summed E-state index contributed by atoms with van der Waals surface area (Å²) in [6.45, 7) is 2.28. The molecule has 0 saturated carbocycles. The van der Waals surface area contributed by atoms with Crippen LogP contribution in [-0.4, -0.2) is 0 Å². The molecule has 0 amide bonds. The maximum atomic E-state index is 2.28. The molecule has 3 rings (SSSR count). The van der Waals surface area contributed by atoms with Crippen molar-refractivity contribution in [2.24, 2.45) is 0 Å². The van der Waals surface area contributed by atoms with Crippen LogP contribution in [0.4, 0.5) is 0 Å². The second-order valence-corrected chi connectivity index (χ2v) is 4.33. The van der Waals surface area contributed by atoms with E-state index in [4.69, 9.17) is 0 Å². The van der Waals surface area contributed by atoms with E-state index < -0.39 is 0 Å². The molecule has 0 fully saturated rings. The summed E-state index contributed by atoms with van der Waals surface area (Å²) >= 11 is 0. The molecule has 0 bridgehead atoms. The minimum atomic E-state index is 0. The minimum absolute atomic E-state index is 0. The maximum absolute atomic E-state index is 2.28. The average molecular weight is 337 g/mol. The summed E-state index contributed by atoms with van der Waals surface area (Å²) in [5.41, 5.74) is 4.83. The van der Waals surface area contributed by atoms with Crippen LogP contribution in [0.25, 0.3) is 10.8 Å². The summed E-state index contributed by atoms with van der Waals surface area (Å²) in [5.74, 6) is 0. The largest absolute Gasteiger partial charge is 4.00 e. The molecule has 0 atom stereocenters. The van der Waals surface area contributed by atoms with E-state index in [1.807, 2.05) is 0 Å². The maximum Gasteiger partial charge on any atom is 4.00 e. The number of benzene rings is 1. The van der Waals surface area contributed by atoms with Gasteiger partial charge >= 0.3 is 21.7 Å². The van der Waals surface area contributed by atoms with Gasteiger partial charge in [0.05, 0.1) is 0 Å². The monoisotopic (exact) mass is 336 g/mol. The van der Waals surface area contributed by atoms with E-state index in [9.17, 15) is 0 Å². The Morgan fingerprint density at radius 3 is 2.28 bits per heavy atom. The molecule has 0 heterocycles. The topological polar surface area (TPSA) is 0 Å². The third-order valence-electron chi connectivity index (χ3n) is 3.58. The van der Waals surface area contributed by atoms with E-state index in [1.54, 1.807) is 11.1 Å². The van der Waals surface area contributed by atoms with Crippen molar-refractivity contribution in [1.82, 2.24) is 0 Å². The molecule has 0 N–H and O–H groups in total. The molecule has 96 valence electrons. The first-order valence-corrected chi connectivity index (χ1v) is 5.53. The molecule has 18 heavy (non-hydrogen) atoms. The summed E-state index contributed by atoms with van der Waals surface area (Å²) in [4.78, 5) is 0. The Balaban J connectivity index is 0. The van der Waals surface area contributed by atoms with Crippen LogP contribution < -0.4 is 37.2 Å². The van der Waals surface area contributed by atoms with Gasteiger partial charge in [0.2, 0.25) is 0 Å². The van der Waals surface area contributed by atoms with Crippen LogP contribution in [-0.2, 0) is 34.6 Å². The van der Waals surface area contributed by atoms with Gasteiger partial charge in [-0.15, -0.1) is 45.7 Å². The van der Waals surface area contributed by atoms with Gasteiger partial charge in [-0.05, 0) is 6.42 Å². The van der Waals surface area contributed by atoms with Gasteiger partial charge in [-0.25, -0.2) is 0 Å². The average Bonchev–Trinajstić information content (AvgIpc) is 2.55. The van der Waals surface area contributed by atoms with Crippen molar-refractivity contribution in [2.75, 3.05) is 0 Å². The van der Waals surface area contributed by atoms with E-state index in [0.29, 0.717) is 0 Å². The van der Waals surface area contributed by atoms with Gasteiger partial charge in [-0.2, -0.15) is 0 Å². The van der Waals surface area contributed by atoms with Gasteiger partial charge in [0.1, 0.15) is 0 Å². The molecule has 2 aromatic rings. The van der Waals surface area contributed by atoms with Gasteiger partial charge in [-0.3, -0.25) is 0 Å². The van der Waals surface area contributed by atoms with Gasteiger partial charge in [0.25, 0.3) is 0 Å². The van der Waals surface area contributed by atoms with Crippen molar-refractivity contribution < 1.29 is 58.9 Å². The van der Waals surface area contributed by atoms with Crippen LogP contribution >= 0.6 is 0 Å². The summed E-state index contributed by atoms with van der Waals surface area (Å²) in [6, 6.07) is 8.87.